The Kier molecular flexibility index (Phi) is 40.7. The zero-order valence-corrected chi connectivity index (χ0v) is 32.8. The molecule has 0 aromatic carbocycles. The molecule has 0 aromatic heterocycles. The molecule has 0 radical (unpaired) electrons. The molecule has 51 heavy (non-hydrogen) atoms. The van der Waals surface area contributed by atoms with Gasteiger partial charge < -0.3 is 14.6 Å². The van der Waals surface area contributed by atoms with Crippen LogP contribution in [0.2, 0.25) is 0 Å². The number of hydrogen-bond donors (Lipinski definition) is 1. The number of unbranched alkanes of at least 4 members (excludes halogenated alkanes) is 11. The molecule has 0 saturated carbocycles. The van der Waals surface area contributed by atoms with Crippen LogP contribution in [-0.4, -0.2) is 37.0 Å². The normalized spacial score (nSPS) is 13.5. The van der Waals surface area contributed by atoms with Gasteiger partial charge in [0.05, 0.1) is 19.6 Å². The van der Waals surface area contributed by atoms with E-state index in [0.29, 0.717) is 6.61 Å². The summed E-state index contributed by atoms with van der Waals surface area (Å²) in [7, 11) is 0. The van der Waals surface area contributed by atoms with Crippen LogP contribution >= 0.6 is 0 Å². The van der Waals surface area contributed by atoms with Gasteiger partial charge in [-0.2, -0.15) is 0 Å². The highest BCUT2D eigenvalue weighted by Gasteiger charge is 2.12. The summed E-state index contributed by atoms with van der Waals surface area (Å²) in [6.07, 6.45) is 63.1. The van der Waals surface area contributed by atoms with Gasteiger partial charge in [-0.1, -0.05) is 181 Å². The molecule has 0 amide bonds. The van der Waals surface area contributed by atoms with Crippen LogP contribution in [0.15, 0.2) is 109 Å². The third-order valence-corrected chi connectivity index (χ3v) is 8.13. The van der Waals surface area contributed by atoms with Crippen LogP contribution in [0.3, 0.4) is 0 Å². The van der Waals surface area contributed by atoms with Gasteiger partial charge >= 0.3 is 5.97 Å². The summed E-state index contributed by atoms with van der Waals surface area (Å²) < 4.78 is 11.0. The van der Waals surface area contributed by atoms with Gasteiger partial charge in [-0.25, -0.2) is 0 Å². The third kappa shape index (κ3) is 41.4. The monoisotopic (exact) mass is 705 g/mol. The van der Waals surface area contributed by atoms with Crippen LogP contribution in [0.1, 0.15) is 155 Å². The van der Waals surface area contributed by atoms with E-state index in [4.69, 9.17) is 9.47 Å². The summed E-state index contributed by atoms with van der Waals surface area (Å²) in [5, 5.41) is 9.57. The predicted octanol–water partition coefficient (Wildman–Crippen LogP) is 13.5. The molecule has 1 unspecified atom stereocenters. The van der Waals surface area contributed by atoms with Crippen LogP contribution in [0, 0.1) is 0 Å². The number of aliphatic hydroxyl groups is 1. The fourth-order valence-electron chi connectivity index (χ4n) is 5.16. The Morgan fingerprint density at radius 2 is 0.824 bits per heavy atom. The van der Waals surface area contributed by atoms with Crippen LogP contribution in [0.4, 0.5) is 0 Å². The van der Waals surface area contributed by atoms with Crippen molar-refractivity contribution in [3.05, 3.63) is 109 Å². The van der Waals surface area contributed by atoms with Gasteiger partial charge in [0.1, 0.15) is 6.10 Å². The molecule has 0 fully saturated rings. The summed E-state index contributed by atoms with van der Waals surface area (Å²) in [5.41, 5.74) is 0. The van der Waals surface area contributed by atoms with Crippen molar-refractivity contribution in [2.24, 2.45) is 0 Å². The lowest BCUT2D eigenvalue weighted by atomic mass is 10.1. The smallest absolute Gasteiger partial charge is 0.310 e. The highest BCUT2D eigenvalue weighted by molar-refractivity contribution is 5.71. The minimum atomic E-state index is -0.597. The number of ether oxygens (including phenoxy) is 2. The van der Waals surface area contributed by atoms with Gasteiger partial charge in [0, 0.05) is 6.61 Å². The molecule has 0 aliphatic carbocycles. The van der Waals surface area contributed by atoms with Crippen LogP contribution < -0.4 is 0 Å². The highest BCUT2D eigenvalue weighted by Crippen LogP contribution is 2.12. The van der Waals surface area contributed by atoms with Crippen molar-refractivity contribution in [3.63, 3.8) is 0 Å². The second-order valence-corrected chi connectivity index (χ2v) is 13.0. The van der Waals surface area contributed by atoms with E-state index in [1.54, 1.807) is 0 Å². The second kappa shape index (κ2) is 43.2. The van der Waals surface area contributed by atoms with Crippen molar-refractivity contribution in [1.29, 1.82) is 0 Å². The summed E-state index contributed by atoms with van der Waals surface area (Å²) >= 11 is 0. The fourth-order valence-corrected chi connectivity index (χ4v) is 5.16. The molecule has 0 saturated heterocycles. The Bertz CT molecular complexity index is 1010. The van der Waals surface area contributed by atoms with Gasteiger partial charge in [-0.15, -0.1) is 0 Å². The molecule has 0 bridgehead atoms. The minimum Gasteiger partial charge on any atom is -0.457 e. The summed E-state index contributed by atoms with van der Waals surface area (Å²) in [6, 6.07) is 0. The van der Waals surface area contributed by atoms with Gasteiger partial charge in [0.25, 0.3) is 0 Å². The Morgan fingerprint density at radius 1 is 0.471 bits per heavy atom. The summed E-state index contributed by atoms with van der Waals surface area (Å²) in [6.45, 7) is 4.98. The van der Waals surface area contributed by atoms with Crippen LogP contribution in [0.5, 0.6) is 0 Å². The lowest BCUT2D eigenvalue weighted by Gasteiger charge is -2.15. The molecule has 1 atom stereocenters. The van der Waals surface area contributed by atoms with Crippen molar-refractivity contribution in [2.45, 2.75) is 161 Å². The Hall–Kier alpha value is -2.95. The van der Waals surface area contributed by atoms with Gasteiger partial charge in [0.2, 0.25) is 0 Å². The first kappa shape index (κ1) is 48.1. The summed E-state index contributed by atoms with van der Waals surface area (Å²) in [5.74, 6) is -0.333. The number of hydrogen-bond acceptors (Lipinski definition) is 4. The first-order chi connectivity index (χ1) is 25.2. The van der Waals surface area contributed by atoms with Crippen LogP contribution in [-0.2, 0) is 14.3 Å². The molecule has 1 N–H and O–H groups in total. The molecule has 0 aliphatic heterocycles. The number of rotatable bonds is 36. The third-order valence-electron chi connectivity index (χ3n) is 8.13. The van der Waals surface area contributed by atoms with Gasteiger partial charge in [0.15, 0.2) is 0 Å². The van der Waals surface area contributed by atoms with E-state index in [0.717, 1.165) is 70.6 Å². The van der Waals surface area contributed by atoms with E-state index in [1.165, 1.54) is 64.2 Å². The van der Waals surface area contributed by atoms with Crippen molar-refractivity contribution in [2.75, 3.05) is 19.8 Å². The van der Waals surface area contributed by atoms with E-state index in [-0.39, 0.29) is 25.6 Å². The number of esters is 1. The van der Waals surface area contributed by atoms with Crippen LogP contribution in [0.25, 0.3) is 0 Å². The molecule has 0 spiro atoms. The maximum absolute atomic E-state index is 12.1. The van der Waals surface area contributed by atoms with Crippen molar-refractivity contribution in [1.82, 2.24) is 0 Å². The highest BCUT2D eigenvalue weighted by atomic mass is 16.6. The maximum atomic E-state index is 12.1. The van der Waals surface area contributed by atoms with Gasteiger partial charge in [-0.3, -0.25) is 4.79 Å². The molecular weight excluding hydrogens is 629 g/mol. The van der Waals surface area contributed by atoms with E-state index in [9.17, 15) is 9.90 Å². The second-order valence-electron chi connectivity index (χ2n) is 13.0. The van der Waals surface area contributed by atoms with E-state index in [2.05, 4.69) is 111 Å². The Morgan fingerprint density at radius 3 is 1.24 bits per heavy atom. The molecule has 288 valence electrons. The zero-order chi connectivity index (χ0) is 37.0. The zero-order valence-electron chi connectivity index (χ0n) is 32.8. The molecular formula is C47H76O4. The standard InChI is InChI=1S/C47H76O4/c1-3-5-7-9-11-13-15-17-19-20-21-22-23-24-25-26-27-29-31-33-35-37-39-41-43-50-45-46(44-48)51-47(49)42-40-38-36-34-32-30-28-18-16-14-12-10-8-6-4-2/h5-8,11-14,17-19,21-22,28,32,34,38,40,46,48H,3-4,9-10,15-16,20,23-27,29-31,33,35-37,39,41-45H2,1-2H3/b7-5-,8-6-,13-11-,14-12-,19-17-,22-21-,28-18-,34-32-,40-38-. The quantitative estimate of drug-likeness (QED) is 0.0401. The maximum Gasteiger partial charge on any atom is 0.310 e. The van der Waals surface area contributed by atoms with E-state index < -0.39 is 6.10 Å². The lowest BCUT2D eigenvalue weighted by molar-refractivity contribution is -0.153. The molecule has 0 aliphatic rings. The molecule has 4 nitrogen and oxygen atoms in total. The first-order valence-electron chi connectivity index (χ1n) is 20.5. The number of aliphatic hydroxyl groups excluding tert-OH is 1. The predicted molar refractivity (Wildman–Crippen MR) is 223 cm³/mol. The fraction of sp³-hybridized carbons (Fsp3) is 0.596. The first-order valence-corrected chi connectivity index (χ1v) is 20.5. The van der Waals surface area contributed by atoms with E-state index in [1.807, 2.05) is 12.2 Å². The van der Waals surface area contributed by atoms with Crippen molar-refractivity contribution in [3.8, 4) is 0 Å². The average molecular weight is 705 g/mol. The van der Waals surface area contributed by atoms with Crippen molar-refractivity contribution >= 4 is 5.97 Å². The topological polar surface area (TPSA) is 55.8 Å². The number of carbonyl (C=O) groups excluding carboxylic acids is 1. The van der Waals surface area contributed by atoms with Crippen molar-refractivity contribution < 1.29 is 19.4 Å². The summed E-state index contributed by atoms with van der Waals surface area (Å²) in [4.78, 5) is 12.1. The molecule has 0 aromatic rings. The largest absolute Gasteiger partial charge is 0.457 e. The SMILES string of the molecule is CC/C=C\C/C=C\C/C=C\C/C=C\C/C=C\CC(=O)OC(CO)COCCCCCCCCCCCCC/C=C\C/C=C\C/C=C\C/C=C\CC. The van der Waals surface area contributed by atoms with Gasteiger partial charge in [-0.05, 0) is 77.0 Å². The molecule has 4 heteroatoms. The minimum absolute atomic E-state index is 0.205. The Balaban J connectivity index is 3.56. The molecule has 0 rings (SSSR count). The average Bonchev–Trinajstić information content (AvgIpc) is 3.14. The lowest BCUT2D eigenvalue weighted by Crippen LogP contribution is -2.27. The van der Waals surface area contributed by atoms with E-state index >= 15 is 0 Å². The number of carbonyl (C=O) groups is 1. The Labute approximate surface area is 315 Å². The number of allylic oxidation sites excluding steroid dienone is 17. The molecule has 0 heterocycles.